The van der Waals surface area contributed by atoms with Gasteiger partial charge in [0, 0.05) is 4.43 Å². The Bertz CT molecular complexity index is 218. The summed E-state index contributed by atoms with van der Waals surface area (Å²) in [5.41, 5.74) is 0. The van der Waals surface area contributed by atoms with Gasteiger partial charge in [0.15, 0.2) is 0 Å². The fourth-order valence-electron chi connectivity index (χ4n) is 3.91. The third-order valence-electron chi connectivity index (χ3n) is 4.58. The molecule has 2 heteroatoms. The highest BCUT2D eigenvalue weighted by Crippen LogP contribution is 2.51. The van der Waals surface area contributed by atoms with Crippen LogP contribution in [0, 0.1) is 17.8 Å². The second-order valence-corrected chi connectivity index (χ2v) is 6.25. The average molecular weight is 306 g/mol. The van der Waals surface area contributed by atoms with E-state index < -0.39 is 0 Å². The third-order valence-corrected chi connectivity index (χ3v) is 5.57. The molecule has 1 heterocycles. The molecule has 1 saturated heterocycles. The van der Waals surface area contributed by atoms with Gasteiger partial charge in [0.1, 0.15) is 0 Å². The van der Waals surface area contributed by atoms with E-state index in [0.717, 1.165) is 17.8 Å². The molecule has 0 aromatic heterocycles. The minimum atomic E-state index is 0.583. The average Bonchev–Trinajstić information content (AvgIpc) is 2.93. The van der Waals surface area contributed by atoms with Crippen LogP contribution in [0.1, 0.15) is 38.5 Å². The van der Waals surface area contributed by atoms with Crippen molar-refractivity contribution < 1.29 is 4.74 Å². The Labute approximate surface area is 100 Å². The van der Waals surface area contributed by atoms with Crippen molar-refractivity contribution in [3.8, 4) is 0 Å². The van der Waals surface area contributed by atoms with E-state index in [-0.39, 0.29) is 0 Å². The number of hydrogen-bond donors (Lipinski definition) is 0. The van der Waals surface area contributed by atoms with E-state index in [2.05, 4.69) is 22.6 Å². The van der Waals surface area contributed by atoms with E-state index in [1.54, 1.807) is 0 Å². The van der Waals surface area contributed by atoms with Gasteiger partial charge in [-0.05, 0) is 49.9 Å². The molecule has 0 radical (unpaired) electrons. The zero-order valence-corrected chi connectivity index (χ0v) is 10.8. The van der Waals surface area contributed by atoms with Crippen LogP contribution < -0.4 is 0 Å². The van der Waals surface area contributed by atoms with E-state index in [9.17, 15) is 0 Å². The molecule has 3 aliphatic rings. The molecule has 5 atom stereocenters. The van der Waals surface area contributed by atoms with Gasteiger partial charge in [0.25, 0.3) is 0 Å². The SMILES string of the molecule is ICC1CCC(C2CC3CCC2C3)O1. The lowest BCUT2D eigenvalue weighted by molar-refractivity contribution is 0.00549. The van der Waals surface area contributed by atoms with Gasteiger partial charge in [-0.15, -0.1) is 0 Å². The van der Waals surface area contributed by atoms with Crippen molar-refractivity contribution in [1.82, 2.24) is 0 Å². The van der Waals surface area contributed by atoms with Crippen molar-refractivity contribution in [1.29, 1.82) is 0 Å². The maximum absolute atomic E-state index is 6.14. The van der Waals surface area contributed by atoms with Crippen LogP contribution in [0.2, 0.25) is 0 Å². The Morgan fingerprint density at radius 1 is 1.07 bits per heavy atom. The van der Waals surface area contributed by atoms with Gasteiger partial charge < -0.3 is 4.74 Å². The molecule has 2 aliphatic carbocycles. The molecular formula is C12H19IO. The molecule has 2 bridgehead atoms. The Kier molecular flexibility index (Phi) is 2.77. The van der Waals surface area contributed by atoms with Crippen LogP contribution in [0.15, 0.2) is 0 Å². The largest absolute Gasteiger partial charge is 0.374 e. The van der Waals surface area contributed by atoms with Crippen LogP contribution in [-0.2, 0) is 4.74 Å². The molecule has 0 N–H and O–H groups in total. The number of ether oxygens (including phenoxy) is 1. The van der Waals surface area contributed by atoms with Crippen LogP contribution in [0.3, 0.4) is 0 Å². The standard InChI is InChI=1S/C12H19IO/c13-7-10-3-4-12(14-10)11-6-8-1-2-9(11)5-8/h8-12H,1-7H2. The Hall–Kier alpha value is 0.690. The first-order chi connectivity index (χ1) is 6.86. The molecule has 80 valence electrons. The summed E-state index contributed by atoms with van der Waals surface area (Å²) in [6.45, 7) is 0. The molecule has 0 aromatic rings. The van der Waals surface area contributed by atoms with E-state index in [1.165, 1.54) is 43.0 Å². The Morgan fingerprint density at radius 3 is 2.57 bits per heavy atom. The first-order valence-corrected chi connectivity index (χ1v) is 7.61. The number of rotatable bonds is 2. The summed E-state index contributed by atoms with van der Waals surface area (Å²) in [5, 5.41) is 0. The Balaban J connectivity index is 1.62. The maximum atomic E-state index is 6.14. The highest BCUT2D eigenvalue weighted by molar-refractivity contribution is 14.1. The minimum absolute atomic E-state index is 0.583. The predicted molar refractivity (Wildman–Crippen MR) is 65.7 cm³/mol. The molecule has 1 aliphatic heterocycles. The number of alkyl halides is 1. The second-order valence-electron chi connectivity index (χ2n) is 5.37. The lowest BCUT2D eigenvalue weighted by Crippen LogP contribution is -2.26. The van der Waals surface area contributed by atoms with Crippen molar-refractivity contribution >= 4 is 22.6 Å². The van der Waals surface area contributed by atoms with Crippen LogP contribution in [0.5, 0.6) is 0 Å². The van der Waals surface area contributed by atoms with Gasteiger partial charge in [-0.3, -0.25) is 0 Å². The minimum Gasteiger partial charge on any atom is -0.374 e. The van der Waals surface area contributed by atoms with Gasteiger partial charge >= 0.3 is 0 Å². The van der Waals surface area contributed by atoms with Gasteiger partial charge in [-0.2, -0.15) is 0 Å². The molecular weight excluding hydrogens is 287 g/mol. The quantitative estimate of drug-likeness (QED) is 0.561. The van der Waals surface area contributed by atoms with Crippen LogP contribution >= 0.6 is 22.6 Å². The van der Waals surface area contributed by atoms with Gasteiger partial charge in [0.2, 0.25) is 0 Å². The predicted octanol–water partition coefficient (Wildman–Crippen LogP) is 3.41. The number of halogens is 1. The normalized spacial score (nSPS) is 51.6. The molecule has 2 saturated carbocycles. The zero-order chi connectivity index (χ0) is 9.54. The van der Waals surface area contributed by atoms with Crippen molar-refractivity contribution in [2.24, 2.45) is 17.8 Å². The summed E-state index contributed by atoms with van der Waals surface area (Å²) >= 11 is 2.46. The third kappa shape index (κ3) is 1.62. The summed E-state index contributed by atoms with van der Waals surface area (Å²) in [6.07, 6.45) is 9.93. The zero-order valence-electron chi connectivity index (χ0n) is 8.62. The molecule has 1 nitrogen and oxygen atoms in total. The second kappa shape index (κ2) is 3.93. The highest BCUT2D eigenvalue weighted by Gasteiger charge is 2.45. The Morgan fingerprint density at radius 2 is 2.00 bits per heavy atom. The summed E-state index contributed by atoms with van der Waals surface area (Å²) in [7, 11) is 0. The topological polar surface area (TPSA) is 9.23 Å². The van der Waals surface area contributed by atoms with Gasteiger partial charge in [0.05, 0.1) is 12.2 Å². The summed E-state index contributed by atoms with van der Waals surface area (Å²) < 4.78 is 7.33. The van der Waals surface area contributed by atoms with E-state index in [0.29, 0.717) is 12.2 Å². The molecule has 3 fully saturated rings. The maximum Gasteiger partial charge on any atom is 0.0669 e. The van der Waals surface area contributed by atoms with Gasteiger partial charge in [-0.1, -0.05) is 29.0 Å². The summed E-state index contributed by atoms with van der Waals surface area (Å²) in [6, 6.07) is 0. The summed E-state index contributed by atoms with van der Waals surface area (Å²) in [4.78, 5) is 0. The number of hydrogen-bond acceptors (Lipinski definition) is 1. The fourth-order valence-corrected chi connectivity index (χ4v) is 4.56. The molecule has 14 heavy (non-hydrogen) atoms. The molecule has 0 aromatic carbocycles. The smallest absolute Gasteiger partial charge is 0.0669 e. The first kappa shape index (κ1) is 9.88. The van der Waals surface area contributed by atoms with Crippen molar-refractivity contribution in [3.05, 3.63) is 0 Å². The van der Waals surface area contributed by atoms with Crippen molar-refractivity contribution in [3.63, 3.8) is 0 Å². The van der Waals surface area contributed by atoms with E-state index >= 15 is 0 Å². The van der Waals surface area contributed by atoms with Crippen molar-refractivity contribution in [2.75, 3.05) is 4.43 Å². The van der Waals surface area contributed by atoms with Crippen LogP contribution in [0.25, 0.3) is 0 Å². The fraction of sp³-hybridized carbons (Fsp3) is 1.00. The lowest BCUT2D eigenvalue weighted by Gasteiger charge is -2.27. The molecule has 0 amide bonds. The molecule has 3 rings (SSSR count). The van der Waals surface area contributed by atoms with Crippen molar-refractivity contribution in [2.45, 2.75) is 50.7 Å². The summed E-state index contributed by atoms with van der Waals surface area (Å²) in [5.74, 6) is 3.06. The van der Waals surface area contributed by atoms with E-state index in [1.807, 2.05) is 0 Å². The molecule has 5 unspecified atom stereocenters. The molecule has 0 spiro atoms. The highest BCUT2D eigenvalue weighted by atomic mass is 127. The van der Waals surface area contributed by atoms with Gasteiger partial charge in [-0.25, -0.2) is 0 Å². The first-order valence-electron chi connectivity index (χ1n) is 6.08. The van der Waals surface area contributed by atoms with E-state index in [4.69, 9.17) is 4.74 Å². The number of fused-ring (bicyclic) bond motifs is 2. The monoisotopic (exact) mass is 306 g/mol. The van der Waals surface area contributed by atoms with Crippen LogP contribution in [0.4, 0.5) is 0 Å². The lowest BCUT2D eigenvalue weighted by atomic mass is 9.84. The van der Waals surface area contributed by atoms with Crippen LogP contribution in [-0.4, -0.2) is 16.6 Å².